The number of hydrogen-bond acceptors (Lipinski definition) is 0. The molecule has 0 aromatic heterocycles. The van der Waals surface area contributed by atoms with Crippen molar-refractivity contribution < 1.29 is 0 Å². The molecular formula is C28H18. The van der Waals surface area contributed by atoms with Gasteiger partial charge in [0.25, 0.3) is 0 Å². The highest BCUT2D eigenvalue weighted by Gasteiger charge is 2.27. The Labute approximate surface area is 164 Å². The largest absolute Gasteiger partial charge is 0.0619 e. The number of rotatable bonds is 0. The molecule has 5 aromatic carbocycles. The van der Waals surface area contributed by atoms with E-state index < -0.39 is 0 Å². The van der Waals surface area contributed by atoms with E-state index in [1.54, 1.807) is 0 Å². The maximum atomic E-state index is 2.38. The summed E-state index contributed by atoms with van der Waals surface area (Å²) in [5.41, 5.74) is 11.7. The zero-order valence-corrected chi connectivity index (χ0v) is 15.5. The van der Waals surface area contributed by atoms with E-state index in [2.05, 4.69) is 84.9 Å². The molecular weight excluding hydrogens is 336 g/mol. The van der Waals surface area contributed by atoms with E-state index in [-0.39, 0.29) is 0 Å². The molecule has 0 radical (unpaired) electrons. The molecule has 0 nitrogen and oxygen atoms in total. The predicted molar refractivity (Wildman–Crippen MR) is 118 cm³/mol. The first kappa shape index (κ1) is 14.6. The van der Waals surface area contributed by atoms with Crippen molar-refractivity contribution >= 4 is 21.5 Å². The fraction of sp³-hybridized carbons (Fsp3) is 0.0714. The van der Waals surface area contributed by atoms with Gasteiger partial charge < -0.3 is 0 Å². The van der Waals surface area contributed by atoms with Gasteiger partial charge in [-0.15, -0.1) is 0 Å². The van der Waals surface area contributed by atoms with Crippen molar-refractivity contribution in [1.82, 2.24) is 0 Å². The van der Waals surface area contributed by atoms with Crippen molar-refractivity contribution in [3.8, 4) is 22.3 Å². The van der Waals surface area contributed by atoms with Crippen molar-refractivity contribution in [2.45, 2.75) is 12.8 Å². The standard InChI is InChI=1S/C28H18/c1-3-10-21-18(7-1)15-25-23(21)12-13-24-26(25)16-20-9-5-8-19-14-17-6-2-4-11-22(17)28(24)27(19)20/h1-14H,15-16H2. The van der Waals surface area contributed by atoms with Crippen LogP contribution in [0.2, 0.25) is 0 Å². The van der Waals surface area contributed by atoms with Gasteiger partial charge in [0.05, 0.1) is 0 Å². The average molecular weight is 354 g/mol. The molecule has 2 aliphatic carbocycles. The molecule has 0 amide bonds. The number of fused-ring (bicyclic) bond motifs is 8. The fourth-order valence-corrected chi connectivity index (χ4v) is 5.53. The molecule has 0 heterocycles. The number of benzene rings is 5. The van der Waals surface area contributed by atoms with Gasteiger partial charge in [-0.3, -0.25) is 0 Å². The molecule has 7 rings (SSSR count). The molecule has 0 unspecified atom stereocenters. The minimum absolute atomic E-state index is 1.04. The molecule has 5 aromatic rings. The zero-order chi connectivity index (χ0) is 18.2. The highest BCUT2D eigenvalue weighted by atomic mass is 14.3. The van der Waals surface area contributed by atoms with Gasteiger partial charge in [0.1, 0.15) is 0 Å². The van der Waals surface area contributed by atoms with Gasteiger partial charge in [0, 0.05) is 0 Å². The molecule has 0 bridgehead atoms. The van der Waals surface area contributed by atoms with Crippen LogP contribution in [0.5, 0.6) is 0 Å². The Balaban J connectivity index is 1.63. The van der Waals surface area contributed by atoms with Gasteiger partial charge in [0.15, 0.2) is 0 Å². The lowest BCUT2D eigenvalue weighted by Gasteiger charge is -2.25. The lowest BCUT2D eigenvalue weighted by atomic mass is 9.78. The van der Waals surface area contributed by atoms with Crippen LogP contribution in [-0.4, -0.2) is 0 Å². The van der Waals surface area contributed by atoms with Crippen molar-refractivity contribution in [3.63, 3.8) is 0 Å². The third-order valence-electron chi connectivity index (χ3n) is 6.72. The molecule has 0 N–H and O–H groups in total. The van der Waals surface area contributed by atoms with Gasteiger partial charge in [0.2, 0.25) is 0 Å². The molecule has 0 aliphatic heterocycles. The Hall–Kier alpha value is -3.38. The van der Waals surface area contributed by atoms with Gasteiger partial charge in [-0.05, 0) is 85.0 Å². The summed E-state index contributed by atoms with van der Waals surface area (Å²) in [5, 5.41) is 5.52. The third-order valence-corrected chi connectivity index (χ3v) is 6.72. The van der Waals surface area contributed by atoms with E-state index in [0.29, 0.717) is 0 Å². The Morgan fingerprint density at radius 1 is 0.500 bits per heavy atom. The summed E-state index contributed by atoms with van der Waals surface area (Å²) < 4.78 is 0. The monoisotopic (exact) mass is 354 g/mol. The van der Waals surface area contributed by atoms with Crippen molar-refractivity contribution in [1.29, 1.82) is 0 Å². The summed E-state index contributed by atoms with van der Waals surface area (Å²) in [5.74, 6) is 0. The first-order chi connectivity index (χ1) is 13.9. The Kier molecular flexibility index (Phi) is 2.67. The lowest BCUT2D eigenvalue weighted by Crippen LogP contribution is -2.05. The minimum Gasteiger partial charge on any atom is -0.0619 e. The smallest absolute Gasteiger partial charge is 0.00101 e. The van der Waals surface area contributed by atoms with Crippen LogP contribution in [-0.2, 0) is 12.8 Å². The second-order valence-electron chi connectivity index (χ2n) is 8.12. The molecule has 130 valence electrons. The fourth-order valence-electron chi connectivity index (χ4n) is 5.53. The van der Waals surface area contributed by atoms with Crippen LogP contribution in [0.15, 0.2) is 84.9 Å². The van der Waals surface area contributed by atoms with Gasteiger partial charge >= 0.3 is 0 Å². The summed E-state index contributed by atoms with van der Waals surface area (Å²) in [6.45, 7) is 0. The van der Waals surface area contributed by atoms with Crippen LogP contribution in [0.4, 0.5) is 0 Å². The number of hydrogen-bond donors (Lipinski definition) is 0. The maximum Gasteiger partial charge on any atom is -0.00101 e. The average Bonchev–Trinajstić information content (AvgIpc) is 3.13. The van der Waals surface area contributed by atoms with Gasteiger partial charge in [-0.1, -0.05) is 78.9 Å². The molecule has 0 atom stereocenters. The lowest BCUT2D eigenvalue weighted by molar-refractivity contribution is 1.13. The van der Waals surface area contributed by atoms with Gasteiger partial charge in [-0.2, -0.15) is 0 Å². The Bertz CT molecular complexity index is 1450. The molecule has 2 aliphatic rings. The second kappa shape index (κ2) is 5.11. The zero-order valence-electron chi connectivity index (χ0n) is 15.5. The van der Waals surface area contributed by atoms with Crippen LogP contribution in [0.1, 0.15) is 22.3 Å². The Morgan fingerprint density at radius 2 is 1.21 bits per heavy atom. The predicted octanol–water partition coefficient (Wildman–Crippen LogP) is 7.14. The summed E-state index contributed by atoms with van der Waals surface area (Å²) in [6, 6.07) is 31.7. The van der Waals surface area contributed by atoms with E-state index >= 15 is 0 Å². The van der Waals surface area contributed by atoms with E-state index in [1.165, 1.54) is 66.1 Å². The maximum absolute atomic E-state index is 2.38. The Morgan fingerprint density at radius 3 is 2.21 bits per heavy atom. The summed E-state index contributed by atoms with van der Waals surface area (Å²) in [6.07, 6.45) is 2.10. The molecule has 0 spiro atoms. The molecule has 28 heavy (non-hydrogen) atoms. The van der Waals surface area contributed by atoms with Crippen molar-refractivity contribution in [2.75, 3.05) is 0 Å². The minimum atomic E-state index is 1.04. The first-order valence-electron chi connectivity index (χ1n) is 10.1. The van der Waals surface area contributed by atoms with Crippen molar-refractivity contribution in [3.05, 3.63) is 107 Å². The molecule has 0 saturated carbocycles. The van der Waals surface area contributed by atoms with E-state index in [1.807, 2.05) is 0 Å². The highest BCUT2D eigenvalue weighted by Crippen LogP contribution is 2.48. The molecule has 0 heteroatoms. The van der Waals surface area contributed by atoms with Crippen LogP contribution < -0.4 is 0 Å². The summed E-state index contributed by atoms with van der Waals surface area (Å²) in [4.78, 5) is 0. The van der Waals surface area contributed by atoms with Crippen LogP contribution in [0.25, 0.3) is 43.8 Å². The van der Waals surface area contributed by atoms with Crippen LogP contribution >= 0.6 is 0 Å². The topological polar surface area (TPSA) is 0 Å². The summed E-state index contributed by atoms with van der Waals surface area (Å²) in [7, 11) is 0. The first-order valence-corrected chi connectivity index (χ1v) is 10.1. The van der Waals surface area contributed by atoms with Crippen LogP contribution in [0, 0.1) is 0 Å². The van der Waals surface area contributed by atoms with E-state index in [4.69, 9.17) is 0 Å². The van der Waals surface area contributed by atoms with Crippen LogP contribution in [0.3, 0.4) is 0 Å². The SMILES string of the molecule is c1ccc2c(c1)Cc1c-2ccc2c1Cc1cccc3cc4ccccc4c-2c13. The van der Waals surface area contributed by atoms with Gasteiger partial charge in [-0.25, -0.2) is 0 Å². The van der Waals surface area contributed by atoms with E-state index in [0.717, 1.165) is 12.8 Å². The third kappa shape index (κ3) is 1.75. The van der Waals surface area contributed by atoms with Crippen molar-refractivity contribution in [2.24, 2.45) is 0 Å². The quantitative estimate of drug-likeness (QED) is 0.254. The highest BCUT2D eigenvalue weighted by molar-refractivity contribution is 6.15. The molecule has 0 saturated heterocycles. The normalized spacial score (nSPS) is 13.4. The molecule has 0 fully saturated rings. The van der Waals surface area contributed by atoms with E-state index in [9.17, 15) is 0 Å². The second-order valence-corrected chi connectivity index (χ2v) is 8.12. The summed E-state index contributed by atoms with van der Waals surface area (Å²) >= 11 is 0.